The average molecular weight is 421 g/mol. The van der Waals surface area contributed by atoms with E-state index in [0.29, 0.717) is 6.61 Å². The van der Waals surface area contributed by atoms with Gasteiger partial charge in [0.15, 0.2) is 0 Å². The number of nitrogens with one attached hydrogen (secondary N) is 1. The molecule has 1 amide bonds. The van der Waals surface area contributed by atoms with Crippen molar-refractivity contribution in [2.45, 2.75) is 31.3 Å². The molecular formula is C21H28N2O5S. The number of hydrogen-bond acceptors (Lipinski definition) is 5. The van der Waals surface area contributed by atoms with Crippen LogP contribution in [0, 0.1) is 6.92 Å². The van der Waals surface area contributed by atoms with Crippen molar-refractivity contribution in [3.63, 3.8) is 0 Å². The summed E-state index contributed by atoms with van der Waals surface area (Å²) in [5.74, 6) is -0.164. The van der Waals surface area contributed by atoms with Gasteiger partial charge in [-0.05, 0) is 37.1 Å². The lowest BCUT2D eigenvalue weighted by Crippen LogP contribution is -2.44. The summed E-state index contributed by atoms with van der Waals surface area (Å²) in [7, 11) is -1.03. The van der Waals surface area contributed by atoms with Crippen LogP contribution in [-0.2, 0) is 26.1 Å². The number of nitrogens with zero attached hydrogens (tertiary/aromatic N) is 1. The van der Waals surface area contributed by atoms with Crippen LogP contribution >= 0.6 is 0 Å². The summed E-state index contributed by atoms with van der Waals surface area (Å²) >= 11 is 0. The topological polar surface area (TPSA) is 84.9 Å². The van der Waals surface area contributed by atoms with Gasteiger partial charge in [0.25, 0.3) is 0 Å². The highest BCUT2D eigenvalue weighted by atomic mass is 32.2. The minimum atomic E-state index is -3.99. The Labute approximate surface area is 172 Å². The number of ether oxygens (including phenoxy) is 2. The zero-order valence-corrected chi connectivity index (χ0v) is 18.0. The first-order valence-electron chi connectivity index (χ1n) is 9.25. The van der Waals surface area contributed by atoms with Crippen molar-refractivity contribution in [1.82, 2.24) is 9.62 Å². The highest BCUT2D eigenvalue weighted by Gasteiger charge is 2.30. The standard InChI is InChI=1S/C21H28N2O5S/c1-16-10-11-19(28-4)20(12-16)29(25,26)23(13-18-8-6-5-7-9-18)14-21(24)22-17(2)15-27-3/h5-12,17H,13-15H2,1-4H3,(H,22,24)/t17-/m0/s1. The number of benzene rings is 2. The molecule has 0 bridgehead atoms. The molecule has 0 aliphatic rings. The molecule has 158 valence electrons. The number of sulfonamides is 1. The molecule has 2 aromatic carbocycles. The van der Waals surface area contributed by atoms with Gasteiger partial charge in [-0.1, -0.05) is 36.4 Å². The van der Waals surface area contributed by atoms with Gasteiger partial charge in [-0.25, -0.2) is 8.42 Å². The number of rotatable bonds is 10. The third kappa shape index (κ3) is 6.28. The van der Waals surface area contributed by atoms with Crippen molar-refractivity contribution in [2.75, 3.05) is 27.4 Å². The van der Waals surface area contributed by atoms with Crippen LogP contribution in [0.25, 0.3) is 0 Å². The Kier molecular flexibility index (Phi) is 8.19. The predicted molar refractivity (Wildman–Crippen MR) is 111 cm³/mol. The lowest BCUT2D eigenvalue weighted by Gasteiger charge is -2.24. The zero-order valence-electron chi connectivity index (χ0n) is 17.2. The maximum Gasteiger partial charge on any atom is 0.247 e. The number of amides is 1. The van der Waals surface area contributed by atoms with Gasteiger partial charge < -0.3 is 14.8 Å². The highest BCUT2D eigenvalue weighted by Crippen LogP contribution is 2.28. The third-order valence-corrected chi connectivity index (χ3v) is 6.10. The summed E-state index contributed by atoms with van der Waals surface area (Å²) in [6.45, 7) is 3.68. The van der Waals surface area contributed by atoms with Crippen LogP contribution in [0.15, 0.2) is 53.4 Å². The Morgan fingerprint density at radius 2 is 1.83 bits per heavy atom. The second-order valence-electron chi connectivity index (χ2n) is 6.84. The van der Waals surface area contributed by atoms with E-state index in [9.17, 15) is 13.2 Å². The average Bonchev–Trinajstić information content (AvgIpc) is 2.68. The van der Waals surface area contributed by atoms with Crippen LogP contribution in [0.1, 0.15) is 18.1 Å². The molecule has 2 rings (SSSR count). The smallest absolute Gasteiger partial charge is 0.247 e. The second kappa shape index (κ2) is 10.4. The number of carbonyl (C=O) groups is 1. The molecule has 0 aliphatic carbocycles. The van der Waals surface area contributed by atoms with E-state index in [0.717, 1.165) is 15.4 Å². The lowest BCUT2D eigenvalue weighted by molar-refractivity contribution is -0.122. The minimum Gasteiger partial charge on any atom is -0.495 e. The third-order valence-electron chi connectivity index (χ3n) is 4.28. The van der Waals surface area contributed by atoms with E-state index < -0.39 is 15.9 Å². The van der Waals surface area contributed by atoms with Crippen molar-refractivity contribution in [3.05, 3.63) is 59.7 Å². The summed E-state index contributed by atoms with van der Waals surface area (Å²) in [6, 6.07) is 13.9. The molecule has 0 saturated heterocycles. The molecular weight excluding hydrogens is 392 g/mol. The maximum atomic E-state index is 13.5. The molecule has 0 spiro atoms. The Hall–Kier alpha value is -2.42. The van der Waals surface area contributed by atoms with Crippen molar-refractivity contribution in [3.8, 4) is 5.75 Å². The summed E-state index contributed by atoms with van der Waals surface area (Å²) in [4.78, 5) is 12.6. The van der Waals surface area contributed by atoms with E-state index in [1.54, 1.807) is 39.2 Å². The molecule has 7 nitrogen and oxygen atoms in total. The van der Waals surface area contributed by atoms with E-state index in [-0.39, 0.29) is 29.8 Å². The Balaban J connectivity index is 2.38. The maximum absolute atomic E-state index is 13.5. The van der Waals surface area contributed by atoms with Crippen LogP contribution in [0.3, 0.4) is 0 Å². The van der Waals surface area contributed by atoms with E-state index in [4.69, 9.17) is 9.47 Å². The van der Waals surface area contributed by atoms with E-state index in [2.05, 4.69) is 5.32 Å². The second-order valence-corrected chi connectivity index (χ2v) is 8.74. The van der Waals surface area contributed by atoms with E-state index >= 15 is 0 Å². The van der Waals surface area contributed by atoms with Gasteiger partial charge in [0.2, 0.25) is 15.9 Å². The highest BCUT2D eigenvalue weighted by molar-refractivity contribution is 7.89. The molecule has 0 fully saturated rings. The van der Waals surface area contributed by atoms with Gasteiger partial charge >= 0.3 is 0 Å². The molecule has 1 atom stereocenters. The monoisotopic (exact) mass is 420 g/mol. The van der Waals surface area contributed by atoms with Gasteiger partial charge in [-0.15, -0.1) is 0 Å². The normalized spacial score (nSPS) is 12.6. The summed E-state index contributed by atoms with van der Waals surface area (Å²) in [5, 5.41) is 2.76. The fourth-order valence-electron chi connectivity index (χ4n) is 2.91. The molecule has 0 aromatic heterocycles. The Bertz CT molecular complexity index is 916. The molecule has 1 N–H and O–H groups in total. The summed E-state index contributed by atoms with van der Waals surface area (Å²) in [6.07, 6.45) is 0. The van der Waals surface area contributed by atoms with Gasteiger partial charge in [0.1, 0.15) is 10.6 Å². The number of methoxy groups -OCH3 is 2. The number of aryl methyl sites for hydroxylation is 1. The van der Waals surface area contributed by atoms with Crippen LogP contribution in [0.2, 0.25) is 0 Å². The Morgan fingerprint density at radius 1 is 1.14 bits per heavy atom. The summed E-state index contributed by atoms with van der Waals surface area (Å²) < 4.78 is 38.4. The van der Waals surface area contributed by atoms with Gasteiger partial charge in [-0.2, -0.15) is 4.31 Å². The van der Waals surface area contributed by atoms with Crippen LogP contribution in [-0.4, -0.2) is 52.0 Å². The fraction of sp³-hybridized carbons (Fsp3) is 0.381. The SMILES string of the molecule is COC[C@H](C)NC(=O)CN(Cc1ccccc1)S(=O)(=O)c1cc(C)ccc1OC. The molecule has 0 unspecified atom stereocenters. The van der Waals surface area contributed by atoms with Crippen LogP contribution < -0.4 is 10.1 Å². The molecule has 0 saturated carbocycles. The van der Waals surface area contributed by atoms with Crippen molar-refractivity contribution in [1.29, 1.82) is 0 Å². The number of carbonyl (C=O) groups excluding carboxylic acids is 1. The van der Waals surface area contributed by atoms with Gasteiger partial charge in [0.05, 0.1) is 20.3 Å². The van der Waals surface area contributed by atoms with Crippen LogP contribution in [0.5, 0.6) is 5.75 Å². The van der Waals surface area contributed by atoms with E-state index in [1.807, 2.05) is 30.3 Å². The molecule has 0 radical (unpaired) electrons. The molecule has 0 aliphatic heterocycles. The zero-order chi connectivity index (χ0) is 21.4. The molecule has 29 heavy (non-hydrogen) atoms. The van der Waals surface area contributed by atoms with E-state index in [1.165, 1.54) is 7.11 Å². The first-order chi connectivity index (χ1) is 13.8. The summed E-state index contributed by atoms with van der Waals surface area (Å²) in [5.41, 5.74) is 1.56. The van der Waals surface area contributed by atoms with Crippen molar-refractivity contribution < 1.29 is 22.7 Å². The van der Waals surface area contributed by atoms with Gasteiger partial charge in [0, 0.05) is 19.7 Å². The van der Waals surface area contributed by atoms with Crippen molar-refractivity contribution >= 4 is 15.9 Å². The molecule has 0 heterocycles. The first kappa shape index (κ1) is 22.9. The van der Waals surface area contributed by atoms with Crippen LogP contribution in [0.4, 0.5) is 0 Å². The molecule has 2 aromatic rings. The first-order valence-corrected chi connectivity index (χ1v) is 10.7. The quantitative estimate of drug-likeness (QED) is 0.638. The lowest BCUT2D eigenvalue weighted by atomic mass is 10.2. The molecule has 8 heteroatoms. The predicted octanol–water partition coefficient (Wildman–Crippen LogP) is 2.35. The minimum absolute atomic E-state index is 0.0358. The fourth-order valence-corrected chi connectivity index (χ4v) is 4.53. The van der Waals surface area contributed by atoms with Gasteiger partial charge in [-0.3, -0.25) is 4.79 Å². The largest absolute Gasteiger partial charge is 0.495 e. The number of hydrogen-bond donors (Lipinski definition) is 1. The Morgan fingerprint density at radius 3 is 2.45 bits per heavy atom. The van der Waals surface area contributed by atoms with Crippen molar-refractivity contribution in [2.24, 2.45) is 0 Å².